The highest BCUT2D eigenvalue weighted by atomic mass is 14.9. The number of rotatable bonds is 1. The van der Waals surface area contributed by atoms with Crippen molar-refractivity contribution in [2.75, 3.05) is 13.1 Å². The Bertz CT molecular complexity index is 188. The summed E-state index contributed by atoms with van der Waals surface area (Å²) in [6.45, 7) is 9.70. The smallest absolute Gasteiger partial charge is 0.000823 e. The summed E-state index contributed by atoms with van der Waals surface area (Å²) in [4.78, 5) is 0. The molecular formula is C12H23N. The molecule has 1 saturated carbocycles. The molecule has 76 valence electrons. The zero-order valence-corrected chi connectivity index (χ0v) is 9.32. The van der Waals surface area contributed by atoms with Crippen molar-refractivity contribution in [3.8, 4) is 0 Å². The molecular weight excluding hydrogens is 158 g/mol. The molecule has 0 radical (unpaired) electrons. The third kappa shape index (κ3) is 2.07. The fourth-order valence-electron chi connectivity index (χ4n) is 3.55. The van der Waals surface area contributed by atoms with Gasteiger partial charge in [0.05, 0.1) is 0 Å². The first kappa shape index (κ1) is 9.51. The van der Waals surface area contributed by atoms with Crippen LogP contribution < -0.4 is 5.32 Å². The highest BCUT2D eigenvalue weighted by Crippen LogP contribution is 2.49. The van der Waals surface area contributed by atoms with E-state index in [1.165, 1.54) is 38.8 Å². The van der Waals surface area contributed by atoms with E-state index in [0.29, 0.717) is 10.8 Å². The van der Waals surface area contributed by atoms with Crippen LogP contribution >= 0.6 is 0 Å². The van der Waals surface area contributed by atoms with Gasteiger partial charge in [0.15, 0.2) is 0 Å². The summed E-state index contributed by atoms with van der Waals surface area (Å²) in [6.07, 6.45) is 5.85. The van der Waals surface area contributed by atoms with Gasteiger partial charge in [-0.3, -0.25) is 0 Å². The summed E-state index contributed by atoms with van der Waals surface area (Å²) < 4.78 is 0. The maximum Gasteiger partial charge on any atom is 0.000823 e. The lowest BCUT2D eigenvalue weighted by atomic mass is 9.71. The van der Waals surface area contributed by atoms with E-state index in [-0.39, 0.29) is 0 Å². The van der Waals surface area contributed by atoms with E-state index >= 15 is 0 Å². The first-order chi connectivity index (χ1) is 5.99. The Labute approximate surface area is 82.3 Å². The monoisotopic (exact) mass is 181 g/mol. The summed E-state index contributed by atoms with van der Waals surface area (Å²) in [6, 6.07) is 0. The van der Waals surface area contributed by atoms with Gasteiger partial charge in [-0.25, -0.2) is 0 Å². The average Bonchev–Trinajstić information content (AvgIpc) is 2.23. The second-order valence-electron chi connectivity index (χ2n) is 6.48. The quantitative estimate of drug-likeness (QED) is 0.656. The Morgan fingerprint density at radius 3 is 2.85 bits per heavy atom. The highest BCUT2D eigenvalue weighted by Gasteiger charge is 2.43. The zero-order valence-electron chi connectivity index (χ0n) is 9.32. The van der Waals surface area contributed by atoms with E-state index in [1.807, 2.05) is 0 Å². The van der Waals surface area contributed by atoms with Crippen molar-refractivity contribution in [3.05, 3.63) is 0 Å². The highest BCUT2D eigenvalue weighted by molar-refractivity contribution is 4.97. The van der Waals surface area contributed by atoms with Gasteiger partial charge in [0.1, 0.15) is 0 Å². The average molecular weight is 181 g/mol. The van der Waals surface area contributed by atoms with Crippen molar-refractivity contribution < 1.29 is 0 Å². The molecule has 0 aromatic rings. The predicted molar refractivity (Wildman–Crippen MR) is 56.7 cm³/mol. The SMILES string of the molecule is CC(C)(C)CC12CCC(CNC1)C2. The van der Waals surface area contributed by atoms with Crippen molar-refractivity contribution in [3.63, 3.8) is 0 Å². The molecule has 1 nitrogen and oxygen atoms in total. The second-order valence-corrected chi connectivity index (χ2v) is 6.48. The van der Waals surface area contributed by atoms with Crippen LogP contribution in [0.15, 0.2) is 0 Å². The molecule has 13 heavy (non-hydrogen) atoms. The molecule has 2 fully saturated rings. The molecule has 2 unspecified atom stereocenters. The molecule has 1 heterocycles. The Hall–Kier alpha value is -0.0400. The van der Waals surface area contributed by atoms with Crippen LogP contribution in [0, 0.1) is 16.7 Å². The maximum atomic E-state index is 3.61. The van der Waals surface area contributed by atoms with E-state index < -0.39 is 0 Å². The lowest BCUT2D eigenvalue weighted by Crippen LogP contribution is -2.41. The molecule has 2 bridgehead atoms. The van der Waals surface area contributed by atoms with Crippen molar-refractivity contribution in [2.45, 2.75) is 46.5 Å². The summed E-state index contributed by atoms with van der Waals surface area (Å²) in [5.74, 6) is 0.996. The van der Waals surface area contributed by atoms with Crippen molar-refractivity contribution in [1.29, 1.82) is 0 Å². The van der Waals surface area contributed by atoms with Gasteiger partial charge in [-0.15, -0.1) is 0 Å². The fraction of sp³-hybridized carbons (Fsp3) is 1.00. The number of piperidine rings is 1. The third-order valence-corrected chi connectivity index (χ3v) is 3.64. The largest absolute Gasteiger partial charge is 0.316 e. The molecule has 0 aromatic heterocycles. The standard InChI is InChI=1S/C12H23N/c1-11(2,3)8-12-5-4-10(6-12)7-13-9-12/h10,13H,4-9H2,1-3H3. The van der Waals surface area contributed by atoms with Gasteiger partial charge < -0.3 is 5.32 Å². The summed E-state index contributed by atoms with van der Waals surface area (Å²) in [7, 11) is 0. The molecule has 2 atom stereocenters. The Kier molecular flexibility index (Phi) is 2.18. The first-order valence-electron chi connectivity index (χ1n) is 5.70. The molecule has 2 aliphatic rings. The van der Waals surface area contributed by atoms with Crippen molar-refractivity contribution >= 4 is 0 Å². The minimum atomic E-state index is 0.508. The van der Waals surface area contributed by atoms with Crippen molar-refractivity contribution in [1.82, 2.24) is 5.32 Å². The fourth-order valence-corrected chi connectivity index (χ4v) is 3.55. The second kappa shape index (κ2) is 2.98. The minimum absolute atomic E-state index is 0.508. The van der Waals surface area contributed by atoms with Crippen LogP contribution in [0.25, 0.3) is 0 Å². The lowest BCUT2D eigenvalue weighted by molar-refractivity contribution is 0.146. The summed E-state index contributed by atoms with van der Waals surface area (Å²) in [5.41, 5.74) is 1.18. The molecule has 2 rings (SSSR count). The summed E-state index contributed by atoms with van der Waals surface area (Å²) >= 11 is 0. The topological polar surface area (TPSA) is 12.0 Å². The van der Waals surface area contributed by atoms with E-state index in [4.69, 9.17) is 0 Å². The van der Waals surface area contributed by atoms with Crippen LogP contribution in [0.5, 0.6) is 0 Å². The Balaban J connectivity index is 2.04. The maximum absolute atomic E-state index is 3.61. The van der Waals surface area contributed by atoms with Gasteiger partial charge in [-0.05, 0) is 49.0 Å². The van der Waals surface area contributed by atoms with Gasteiger partial charge in [0.2, 0.25) is 0 Å². The molecule has 1 saturated heterocycles. The molecule has 1 aliphatic carbocycles. The van der Waals surface area contributed by atoms with Crippen LogP contribution in [-0.4, -0.2) is 13.1 Å². The van der Waals surface area contributed by atoms with Gasteiger partial charge in [-0.1, -0.05) is 20.8 Å². The number of hydrogen-bond donors (Lipinski definition) is 1. The predicted octanol–water partition coefficient (Wildman–Crippen LogP) is 2.81. The molecule has 0 spiro atoms. The van der Waals surface area contributed by atoms with Gasteiger partial charge in [-0.2, -0.15) is 0 Å². The zero-order chi connectivity index (χ0) is 9.53. The van der Waals surface area contributed by atoms with Crippen LogP contribution in [0.2, 0.25) is 0 Å². The minimum Gasteiger partial charge on any atom is -0.316 e. The van der Waals surface area contributed by atoms with Crippen LogP contribution in [-0.2, 0) is 0 Å². The number of fused-ring (bicyclic) bond motifs is 2. The lowest BCUT2D eigenvalue weighted by Gasteiger charge is -2.38. The molecule has 1 heteroatoms. The van der Waals surface area contributed by atoms with Crippen molar-refractivity contribution in [2.24, 2.45) is 16.7 Å². The van der Waals surface area contributed by atoms with Crippen LogP contribution in [0.4, 0.5) is 0 Å². The van der Waals surface area contributed by atoms with E-state index in [1.54, 1.807) is 0 Å². The van der Waals surface area contributed by atoms with Gasteiger partial charge in [0.25, 0.3) is 0 Å². The Morgan fingerprint density at radius 2 is 2.15 bits per heavy atom. The molecule has 0 aromatic carbocycles. The summed E-state index contributed by atoms with van der Waals surface area (Å²) in [5, 5.41) is 3.61. The van der Waals surface area contributed by atoms with Crippen LogP contribution in [0.1, 0.15) is 46.5 Å². The number of nitrogens with one attached hydrogen (secondary N) is 1. The van der Waals surface area contributed by atoms with Gasteiger partial charge in [0, 0.05) is 6.54 Å². The van der Waals surface area contributed by atoms with E-state index in [0.717, 1.165) is 5.92 Å². The third-order valence-electron chi connectivity index (χ3n) is 3.64. The van der Waals surface area contributed by atoms with Crippen LogP contribution in [0.3, 0.4) is 0 Å². The Morgan fingerprint density at radius 1 is 1.38 bits per heavy atom. The van der Waals surface area contributed by atoms with E-state index in [2.05, 4.69) is 26.1 Å². The molecule has 0 amide bonds. The first-order valence-corrected chi connectivity index (χ1v) is 5.70. The molecule has 1 N–H and O–H groups in total. The van der Waals surface area contributed by atoms with Gasteiger partial charge >= 0.3 is 0 Å². The normalized spacial score (nSPS) is 39.5. The number of hydrogen-bond acceptors (Lipinski definition) is 1. The van der Waals surface area contributed by atoms with E-state index in [9.17, 15) is 0 Å². The molecule has 1 aliphatic heterocycles.